The molecule has 9 heteroatoms. The zero-order valence-electron chi connectivity index (χ0n) is 15.1. The van der Waals surface area contributed by atoms with E-state index in [0.717, 1.165) is 12.1 Å². The number of carbonyl (C=O) groups excluding carboxylic acids is 2. The number of carbonyl (C=O) groups is 2. The highest BCUT2D eigenvalue weighted by Gasteiger charge is 2.32. The monoisotopic (exact) mass is 408 g/mol. The molecule has 1 amide bonds. The summed E-state index contributed by atoms with van der Waals surface area (Å²) in [6.07, 6.45) is 0. The number of nitrogens with zero attached hydrogens (tertiary/aromatic N) is 2. The second-order valence-electron chi connectivity index (χ2n) is 6.38. The lowest BCUT2D eigenvalue weighted by molar-refractivity contribution is 0.0688. The van der Waals surface area contributed by atoms with Crippen LogP contribution in [0.1, 0.15) is 27.6 Å². The molecule has 1 heterocycles. The van der Waals surface area contributed by atoms with Crippen molar-refractivity contribution in [3.05, 3.63) is 65.2 Å². The molecule has 6 nitrogen and oxygen atoms in total. The molecule has 1 fully saturated rings. The van der Waals surface area contributed by atoms with Gasteiger partial charge in [-0.1, -0.05) is 18.2 Å². The van der Waals surface area contributed by atoms with Crippen LogP contribution in [0.5, 0.6) is 0 Å². The van der Waals surface area contributed by atoms with Crippen molar-refractivity contribution in [2.75, 3.05) is 26.2 Å². The Balaban J connectivity index is 1.75. The summed E-state index contributed by atoms with van der Waals surface area (Å²) in [5.74, 6) is -2.98. The number of sulfonamides is 1. The second kappa shape index (κ2) is 7.76. The largest absolute Gasteiger partial charge is 0.336 e. The maximum Gasteiger partial charge on any atom is 0.259 e. The molecule has 148 valence electrons. The number of ketones is 1. The minimum Gasteiger partial charge on any atom is -0.336 e. The van der Waals surface area contributed by atoms with E-state index in [4.69, 9.17) is 0 Å². The fraction of sp³-hybridized carbons (Fsp3) is 0.263. The first-order chi connectivity index (χ1) is 13.2. The van der Waals surface area contributed by atoms with Crippen LogP contribution in [0.15, 0.2) is 47.4 Å². The molecule has 1 aliphatic heterocycles. The fourth-order valence-electron chi connectivity index (χ4n) is 3.02. The first kappa shape index (κ1) is 20.1. The summed E-state index contributed by atoms with van der Waals surface area (Å²) in [7, 11) is -3.85. The molecule has 0 unspecified atom stereocenters. The third kappa shape index (κ3) is 3.81. The van der Waals surface area contributed by atoms with Crippen LogP contribution in [0.25, 0.3) is 0 Å². The standard InChI is InChI=1S/C19H18F2N2O4S/c1-13(24)14-4-2-5-15(12-14)28(26,27)23-10-8-22(9-11-23)19(25)18-16(20)6-3-7-17(18)21/h2-7,12H,8-11H2,1H3. The summed E-state index contributed by atoms with van der Waals surface area (Å²) in [6, 6.07) is 8.89. The van der Waals surface area contributed by atoms with Crippen molar-refractivity contribution in [3.8, 4) is 0 Å². The lowest BCUT2D eigenvalue weighted by atomic mass is 10.1. The van der Waals surface area contributed by atoms with Crippen LogP contribution in [0.2, 0.25) is 0 Å². The topological polar surface area (TPSA) is 74.8 Å². The van der Waals surface area contributed by atoms with E-state index in [2.05, 4.69) is 0 Å². The summed E-state index contributed by atoms with van der Waals surface area (Å²) in [5.41, 5.74) is -0.363. The van der Waals surface area contributed by atoms with Gasteiger partial charge in [-0.3, -0.25) is 9.59 Å². The van der Waals surface area contributed by atoms with Gasteiger partial charge in [0.2, 0.25) is 10.0 Å². The zero-order chi connectivity index (χ0) is 20.5. The van der Waals surface area contributed by atoms with Crippen molar-refractivity contribution in [1.82, 2.24) is 9.21 Å². The molecule has 0 saturated carbocycles. The van der Waals surface area contributed by atoms with E-state index in [0.29, 0.717) is 0 Å². The average molecular weight is 408 g/mol. The van der Waals surface area contributed by atoms with Gasteiger partial charge in [0, 0.05) is 31.7 Å². The maximum atomic E-state index is 13.8. The van der Waals surface area contributed by atoms with Crippen LogP contribution in [0.4, 0.5) is 8.78 Å². The normalized spacial score (nSPS) is 15.5. The number of rotatable bonds is 4. The Labute approximate surface area is 161 Å². The molecule has 0 spiro atoms. The predicted octanol–water partition coefficient (Wildman–Crippen LogP) is 2.31. The van der Waals surface area contributed by atoms with Crippen LogP contribution >= 0.6 is 0 Å². The van der Waals surface area contributed by atoms with Gasteiger partial charge in [-0.25, -0.2) is 17.2 Å². The molecule has 28 heavy (non-hydrogen) atoms. The molecular weight excluding hydrogens is 390 g/mol. The zero-order valence-corrected chi connectivity index (χ0v) is 15.9. The third-order valence-corrected chi connectivity index (χ3v) is 6.48. The molecule has 2 aromatic rings. The van der Waals surface area contributed by atoms with Crippen molar-refractivity contribution in [2.45, 2.75) is 11.8 Å². The minimum absolute atomic E-state index is 0.00175. The molecule has 0 aromatic heterocycles. The van der Waals surface area contributed by atoms with Crippen molar-refractivity contribution >= 4 is 21.7 Å². The minimum atomic E-state index is -3.85. The lowest BCUT2D eigenvalue weighted by Crippen LogP contribution is -2.50. The van der Waals surface area contributed by atoms with Crippen LogP contribution in [-0.2, 0) is 10.0 Å². The second-order valence-corrected chi connectivity index (χ2v) is 8.31. The van der Waals surface area contributed by atoms with Crippen molar-refractivity contribution in [1.29, 1.82) is 0 Å². The molecule has 0 atom stereocenters. The number of Topliss-reactive ketones (excluding diaryl/α,β-unsaturated/α-hetero) is 1. The van der Waals surface area contributed by atoms with Gasteiger partial charge in [-0.15, -0.1) is 0 Å². The van der Waals surface area contributed by atoms with E-state index in [-0.39, 0.29) is 42.4 Å². The van der Waals surface area contributed by atoms with Crippen LogP contribution in [0.3, 0.4) is 0 Å². The van der Waals surface area contributed by atoms with Gasteiger partial charge in [-0.05, 0) is 31.2 Å². The number of benzene rings is 2. The van der Waals surface area contributed by atoms with Gasteiger partial charge >= 0.3 is 0 Å². The maximum absolute atomic E-state index is 13.8. The number of halogens is 2. The van der Waals surface area contributed by atoms with Gasteiger partial charge < -0.3 is 4.90 Å². The highest BCUT2D eigenvalue weighted by atomic mass is 32.2. The molecule has 0 bridgehead atoms. The first-order valence-corrected chi connectivity index (χ1v) is 10.0. The Bertz CT molecular complexity index is 1010. The molecule has 3 rings (SSSR count). The van der Waals surface area contributed by atoms with Gasteiger partial charge in [-0.2, -0.15) is 4.31 Å². The lowest BCUT2D eigenvalue weighted by Gasteiger charge is -2.34. The smallest absolute Gasteiger partial charge is 0.259 e. The Kier molecular flexibility index (Phi) is 5.57. The fourth-order valence-corrected chi connectivity index (χ4v) is 4.48. The van der Waals surface area contributed by atoms with Gasteiger partial charge in [0.25, 0.3) is 5.91 Å². The number of piperazine rings is 1. The molecule has 2 aromatic carbocycles. The summed E-state index contributed by atoms with van der Waals surface area (Å²) in [5, 5.41) is 0. The van der Waals surface area contributed by atoms with Crippen LogP contribution < -0.4 is 0 Å². The van der Waals surface area contributed by atoms with E-state index in [9.17, 15) is 26.8 Å². The van der Waals surface area contributed by atoms with E-state index in [1.54, 1.807) is 0 Å². The Morgan fingerprint density at radius 2 is 1.50 bits per heavy atom. The van der Waals surface area contributed by atoms with E-state index < -0.39 is 33.1 Å². The Morgan fingerprint density at radius 1 is 0.929 bits per heavy atom. The van der Waals surface area contributed by atoms with Crippen molar-refractivity contribution < 1.29 is 26.8 Å². The highest BCUT2D eigenvalue weighted by molar-refractivity contribution is 7.89. The number of hydrogen-bond donors (Lipinski definition) is 0. The molecule has 0 aliphatic carbocycles. The third-order valence-electron chi connectivity index (χ3n) is 4.58. The van der Waals surface area contributed by atoms with Crippen LogP contribution in [-0.4, -0.2) is 55.5 Å². The van der Waals surface area contributed by atoms with E-state index >= 15 is 0 Å². The van der Waals surface area contributed by atoms with Gasteiger partial charge in [0.05, 0.1) is 4.90 Å². The van der Waals surface area contributed by atoms with Crippen molar-refractivity contribution in [2.24, 2.45) is 0 Å². The molecule has 0 N–H and O–H groups in total. The van der Waals surface area contributed by atoms with Gasteiger partial charge in [0.15, 0.2) is 5.78 Å². The Morgan fingerprint density at radius 3 is 2.07 bits per heavy atom. The van der Waals surface area contributed by atoms with E-state index in [1.165, 1.54) is 46.5 Å². The predicted molar refractivity (Wildman–Crippen MR) is 97.5 cm³/mol. The number of amides is 1. The summed E-state index contributed by atoms with van der Waals surface area (Å²) in [6.45, 7) is 1.30. The molecule has 0 radical (unpaired) electrons. The average Bonchev–Trinajstić information content (AvgIpc) is 2.68. The number of hydrogen-bond acceptors (Lipinski definition) is 4. The van der Waals surface area contributed by atoms with Crippen LogP contribution in [0, 0.1) is 11.6 Å². The molecular formula is C19H18F2N2O4S. The van der Waals surface area contributed by atoms with Gasteiger partial charge in [0.1, 0.15) is 17.2 Å². The quantitative estimate of drug-likeness (QED) is 0.728. The molecule has 1 saturated heterocycles. The summed E-state index contributed by atoms with van der Waals surface area (Å²) >= 11 is 0. The SMILES string of the molecule is CC(=O)c1cccc(S(=O)(=O)N2CCN(C(=O)c3c(F)cccc3F)CC2)c1. The van der Waals surface area contributed by atoms with Crippen molar-refractivity contribution in [3.63, 3.8) is 0 Å². The molecule has 1 aliphatic rings. The van der Waals surface area contributed by atoms with E-state index in [1.807, 2.05) is 0 Å². The summed E-state index contributed by atoms with van der Waals surface area (Å²) in [4.78, 5) is 25.1. The first-order valence-electron chi connectivity index (χ1n) is 8.56. The Hall–Kier alpha value is -2.65. The summed E-state index contributed by atoms with van der Waals surface area (Å²) < 4.78 is 54.5. The highest BCUT2D eigenvalue weighted by Crippen LogP contribution is 2.21.